The molecule has 0 saturated carbocycles. The molecule has 0 aliphatic heterocycles. The molecule has 0 atom stereocenters. The van der Waals surface area contributed by atoms with Crippen LogP contribution in [0.15, 0.2) is 78.8 Å². The number of thiophene rings is 1. The van der Waals surface area contributed by atoms with Gasteiger partial charge in [-0.3, -0.25) is 14.8 Å². The normalized spacial score (nSPS) is 12.0. The quantitative estimate of drug-likeness (QED) is 0.0817. The first kappa shape index (κ1) is 40.3. The molecular formula is C43H53IrN2O2S-. The molecular weight excluding hydrogens is 801 g/mol. The van der Waals surface area contributed by atoms with Crippen LogP contribution in [0.4, 0.5) is 0 Å². The average Bonchev–Trinajstić information content (AvgIpc) is 3.46. The van der Waals surface area contributed by atoms with Crippen LogP contribution in [0.1, 0.15) is 98.4 Å². The Hall–Kier alpha value is -3.18. The van der Waals surface area contributed by atoms with Gasteiger partial charge in [-0.2, -0.15) is 0 Å². The molecule has 3 heterocycles. The van der Waals surface area contributed by atoms with Gasteiger partial charge in [0.05, 0.1) is 16.0 Å². The number of aromatic nitrogens is 2. The van der Waals surface area contributed by atoms with Gasteiger partial charge in [-0.1, -0.05) is 97.5 Å². The summed E-state index contributed by atoms with van der Waals surface area (Å²) < 4.78 is 1.24. The van der Waals surface area contributed by atoms with E-state index in [-0.39, 0.29) is 48.9 Å². The number of carbonyl (C=O) groups is 1. The number of fused-ring (bicyclic) bond motifs is 2. The molecule has 0 fully saturated rings. The number of allylic oxidation sites excluding steroid dienone is 2. The first-order valence-electron chi connectivity index (χ1n) is 17.6. The molecule has 4 nitrogen and oxygen atoms in total. The van der Waals surface area contributed by atoms with E-state index in [0.29, 0.717) is 5.92 Å². The van der Waals surface area contributed by atoms with Gasteiger partial charge in [0.15, 0.2) is 5.78 Å². The van der Waals surface area contributed by atoms with Crippen LogP contribution in [0.5, 0.6) is 0 Å². The number of nitrogens with zero attached hydrogens (tertiary/aromatic N) is 2. The van der Waals surface area contributed by atoms with Gasteiger partial charge in [-0.25, -0.2) is 0 Å². The second kappa shape index (κ2) is 18.2. The van der Waals surface area contributed by atoms with E-state index in [1.807, 2.05) is 51.4 Å². The number of carbonyl (C=O) groups excluding carboxylic acids is 1. The number of aliphatic hydroxyl groups excluding tert-OH is 1. The number of ketones is 1. The fourth-order valence-corrected chi connectivity index (χ4v) is 7.43. The number of hydrogen-bond acceptors (Lipinski definition) is 5. The Bertz CT molecular complexity index is 1860. The van der Waals surface area contributed by atoms with E-state index < -0.39 is 0 Å². The Morgan fingerprint density at radius 1 is 0.898 bits per heavy atom. The minimum atomic E-state index is 0. The average molecular weight is 854 g/mol. The Kier molecular flexibility index (Phi) is 14.9. The topological polar surface area (TPSA) is 63.1 Å². The summed E-state index contributed by atoms with van der Waals surface area (Å²) in [6.07, 6.45) is 9.89. The molecule has 0 aliphatic rings. The van der Waals surface area contributed by atoms with Gasteiger partial charge in [0, 0.05) is 66.5 Å². The van der Waals surface area contributed by atoms with Gasteiger partial charge in [0.2, 0.25) is 0 Å². The van der Waals surface area contributed by atoms with Crippen LogP contribution in [0.25, 0.3) is 43.4 Å². The summed E-state index contributed by atoms with van der Waals surface area (Å²) in [6.45, 7) is 19.4. The standard InChI is InChI=1S/C30H29N2S.C13H24O2.Ir/c1-19(2)12-24-17-28-29(33-24)16-23(18-32-28)20-10-11-31-27(15-20)22-13-21-8-6-7-9-25(21)26(14-22)30(3,4)5;1-5-10(6-2)12(14)9-13(15)11(7-3)8-4;/h6-11,14-19H,12H2,1-5H3;9-11,14H,5-8H2,1-4H3;/q-1;;/b;12-9-;. The Morgan fingerprint density at radius 3 is 2.20 bits per heavy atom. The third-order valence-electron chi connectivity index (χ3n) is 9.06. The van der Waals surface area contributed by atoms with Crippen molar-refractivity contribution in [3.8, 4) is 22.4 Å². The summed E-state index contributed by atoms with van der Waals surface area (Å²) in [5.74, 6) is 1.20. The predicted octanol–water partition coefficient (Wildman–Crippen LogP) is 12.3. The monoisotopic (exact) mass is 854 g/mol. The zero-order valence-electron chi connectivity index (χ0n) is 30.7. The second-order valence-corrected chi connectivity index (χ2v) is 15.4. The number of aliphatic hydroxyl groups is 1. The largest absolute Gasteiger partial charge is 0.512 e. The smallest absolute Gasteiger partial charge is 0.162 e. The van der Waals surface area contributed by atoms with Gasteiger partial charge < -0.3 is 5.11 Å². The molecule has 1 radical (unpaired) electrons. The predicted molar refractivity (Wildman–Crippen MR) is 206 cm³/mol. The number of rotatable bonds is 11. The number of hydrogen-bond donors (Lipinski definition) is 1. The van der Waals surface area contributed by atoms with Crippen molar-refractivity contribution < 1.29 is 30.0 Å². The van der Waals surface area contributed by atoms with Crippen molar-refractivity contribution in [1.29, 1.82) is 0 Å². The van der Waals surface area contributed by atoms with Crippen LogP contribution in [0, 0.1) is 23.8 Å². The van der Waals surface area contributed by atoms with Gasteiger partial charge in [0.25, 0.3) is 0 Å². The molecule has 0 unspecified atom stereocenters. The van der Waals surface area contributed by atoms with E-state index in [1.54, 1.807) is 0 Å². The molecule has 49 heavy (non-hydrogen) atoms. The molecule has 1 N–H and O–H groups in total. The van der Waals surface area contributed by atoms with Crippen molar-refractivity contribution in [2.45, 2.75) is 99.8 Å². The summed E-state index contributed by atoms with van der Waals surface area (Å²) in [4.78, 5) is 22.6. The molecule has 0 saturated heterocycles. The van der Waals surface area contributed by atoms with Gasteiger partial charge in [-0.15, -0.1) is 40.5 Å². The van der Waals surface area contributed by atoms with Crippen molar-refractivity contribution in [1.82, 2.24) is 9.97 Å². The first-order valence-corrected chi connectivity index (χ1v) is 18.4. The fourth-order valence-electron chi connectivity index (χ4n) is 6.15. The minimum absolute atomic E-state index is 0. The van der Waals surface area contributed by atoms with E-state index in [1.165, 1.54) is 26.6 Å². The zero-order chi connectivity index (χ0) is 35.0. The van der Waals surface area contributed by atoms with Gasteiger partial charge in [0.1, 0.15) is 0 Å². The SMILES string of the molecule is CC(C)Cc1cc2ncc(-c3ccnc(-c4[c-]c5ccccc5c(C(C)(C)C)c4)c3)cc2s1.CCC(CC)C(=O)/C=C(\O)C(CC)CC.[Ir]. The molecule has 0 aliphatic carbocycles. The molecule has 3 aromatic heterocycles. The maximum Gasteiger partial charge on any atom is 0.162 e. The first-order chi connectivity index (χ1) is 22.9. The van der Waals surface area contributed by atoms with Crippen LogP contribution < -0.4 is 0 Å². The molecule has 0 spiro atoms. The van der Waals surface area contributed by atoms with Crippen LogP contribution >= 0.6 is 11.3 Å². The van der Waals surface area contributed by atoms with E-state index >= 15 is 0 Å². The van der Waals surface area contributed by atoms with Crippen molar-refractivity contribution in [2.24, 2.45) is 17.8 Å². The molecule has 2 aromatic carbocycles. The van der Waals surface area contributed by atoms with Crippen molar-refractivity contribution in [3.05, 3.63) is 95.3 Å². The third kappa shape index (κ3) is 10.4. The summed E-state index contributed by atoms with van der Waals surface area (Å²) in [5.41, 5.74) is 6.67. The van der Waals surface area contributed by atoms with E-state index in [2.05, 4.69) is 95.3 Å². The van der Waals surface area contributed by atoms with E-state index in [9.17, 15) is 9.90 Å². The summed E-state index contributed by atoms with van der Waals surface area (Å²) in [6, 6.07) is 23.1. The van der Waals surface area contributed by atoms with Crippen LogP contribution in [-0.2, 0) is 36.7 Å². The molecule has 5 aromatic rings. The summed E-state index contributed by atoms with van der Waals surface area (Å²) >= 11 is 1.86. The van der Waals surface area contributed by atoms with Gasteiger partial charge in [-0.05, 0) is 67.2 Å². The molecule has 0 bridgehead atoms. The van der Waals surface area contributed by atoms with E-state index in [4.69, 9.17) is 9.97 Å². The molecule has 263 valence electrons. The Morgan fingerprint density at radius 2 is 1.57 bits per heavy atom. The Balaban J connectivity index is 0.000000347. The fraction of sp³-hybridized carbons (Fsp3) is 0.419. The number of pyridine rings is 2. The van der Waals surface area contributed by atoms with Crippen molar-refractivity contribution >= 4 is 38.1 Å². The molecule has 0 amide bonds. The number of benzene rings is 2. The second-order valence-electron chi connectivity index (χ2n) is 14.2. The van der Waals surface area contributed by atoms with Crippen LogP contribution in [-0.4, -0.2) is 20.9 Å². The minimum Gasteiger partial charge on any atom is -0.512 e. The summed E-state index contributed by atoms with van der Waals surface area (Å²) in [5, 5.41) is 12.1. The molecule has 5 rings (SSSR count). The molecule has 6 heteroatoms. The maximum atomic E-state index is 11.7. The van der Waals surface area contributed by atoms with Crippen molar-refractivity contribution in [3.63, 3.8) is 0 Å². The zero-order valence-corrected chi connectivity index (χ0v) is 33.9. The van der Waals surface area contributed by atoms with Crippen molar-refractivity contribution in [2.75, 3.05) is 0 Å². The van der Waals surface area contributed by atoms with Crippen LogP contribution in [0.2, 0.25) is 0 Å². The summed E-state index contributed by atoms with van der Waals surface area (Å²) in [7, 11) is 0. The maximum absolute atomic E-state index is 11.7. The Labute approximate surface area is 311 Å². The van der Waals surface area contributed by atoms with Gasteiger partial charge >= 0.3 is 0 Å². The van der Waals surface area contributed by atoms with Crippen LogP contribution in [0.3, 0.4) is 0 Å². The van der Waals surface area contributed by atoms with E-state index in [0.717, 1.165) is 65.4 Å². The third-order valence-corrected chi connectivity index (χ3v) is 10.2.